The molecule has 5 fully saturated rings. The average Bonchev–Trinajstić information content (AvgIpc) is 1.34. The van der Waals surface area contributed by atoms with Gasteiger partial charge in [-0.25, -0.2) is 0 Å². The number of carbonyl (C=O) groups excluding carboxylic acids is 12. The SMILES string of the molecule is CC(C)C[C@H]1C(=O)N(C)[C@@H](CC2CNC3CCCCC23)C(=O)N(C)[C@@H](CC2CCCCC2)C(=O)N[C@@H]([C@@H](C)O)C(=O)N(C)[C@@H](C)C(=O)N(C)[C@@H](CC(C)C)C(=O)N[C@H](C(=O)N2CCCCC2)CC(=O)N(C)[C@@H](C)C(=O)N(C)[C@@H](CC(C)C)C(=O)N(C)[C@@H](CC(C)C)C(=O)N[C@@H](C(C)C)C(=O)N1C. The van der Waals surface area contributed by atoms with E-state index in [9.17, 15) is 33.9 Å². The van der Waals surface area contributed by atoms with E-state index in [4.69, 9.17) is 0 Å². The fraction of sp³-hybridized carbons (Fsp3) is 0.842. The van der Waals surface area contributed by atoms with Gasteiger partial charge in [0.1, 0.15) is 66.5 Å². The molecule has 0 spiro atoms. The predicted molar refractivity (Wildman–Crippen MR) is 392 cm³/mol. The van der Waals surface area contributed by atoms with Crippen LogP contribution in [-0.4, -0.2) is 275 Å². The normalized spacial score (nSPS) is 30.5. The van der Waals surface area contributed by atoms with Crippen molar-refractivity contribution in [3.8, 4) is 0 Å². The second-order valence-corrected chi connectivity index (χ2v) is 32.9. The highest BCUT2D eigenvalue weighted by Crippen LogP contribution is 2.39. The molecule has 5 rings (SSSR count). The summed E-state index contributed by atoms with van der Waals surface area (Å²) in [6.07, 6.45) is 9.46. The van der Waals surface area contributed by atoms with Crippen LogP contribution in [0.25, 0.3) is 0 Å². The van der Waals surface area contributed by atoms with Crippen molar-refractivity contribution in [2.45, 2.75) is 291 Å². The number of likely N-dealkylation sites (tertiary alicyclic amines) is 1. The van der Waals surface area contributed by atoms with Gasteiger partial charge in [-0.2, -0.15) is 0 Å². The van der Waals surface area contributed by atoms with E-state index >= 15 is 28.8 Å². The third-order valence-corrected chi connectivity index (χ3v) is 22.9. The first-order valence-corrected chi connectivity index (χ1v) is 38.5. The number of carbonyl (C=O) groups is 12. The minimum Gasteiger partial charge on any atom is -0.391 e. The molecule has 0 aromatic carbocycles. The van der Waals surface area contributed by atoms with Crippen molar-refractivity contribution in [2.24, 2.45) is 47.3 Å². The number of nitrogens with zero attached hydrogens (tertiary/aromatic N) is 9. The van der Waals surface area contributed by atoms with Gasteiger partial charge >= 0.3 is 0 Å². The third-order valence-electron chi connectivity index (χ3n) is 22.9. The molecule has 26 heteroatoms. The highest BCUT2D eigenvalue weighted by molar-refractivity contribution is 6.00. The van der Waals surface area contributed by atoms with E-state index in [1.54, 1.807) is 25.8 Å². The molecule has 2 aliphatic carbocycles. The monoisotopic (exact) mass is 1440 g/mol. The quantitative estimate of drug-likeness (QED) is 0.146. The van der Waals surface area contributed by atoms with Crippen LogP contribution in [0.2, 0.25) is 0 Å². The van der Waals surface area contributed by atoms with Crippen LogP contribution in [0.4, 0.5) is 0 Å². The summed E-state index contributed by atoms with van der Waals surface area (Å²) >= 11 is 0. The summed E-state index contributed by atoms with van der Waals surface area (Å²) in [6.45, 7) is 24.3. The Hall–Kier alpha value is -6.44. The Labute approximate surface area is 610 Å². The first-order chi connectivity index (χ1) is 47.7. The maximum absolute atomic E-state index is 16.0. The Morgan fingerprint density at radius 3 is 1.32 bits per heavy atom. The lowest BCUT2D eigenvalue weighted by Crippen LogP contribution is -2.63. The highest BCUT2D eigenvalue weighted by Gasteiger charge is 2.48. The van der Waals surface area contributed by atoms with Crippen molar-refractivity contribution in [1.29, 1.82) is 0 Å². The summed E-state index contributed by atoms with van der Waals surface area (Å²) in [5.74, 6) is -8.77. The van der Waals surface area contributed by atoms with Crippen LogP contribution in [-0.2, 0) is 57.5 Å². The number of likely N-dealkylation sites (N-methyl/N-ethyl adjacent to an activating group) is 8. The zero-order valence-corrected chi connectivity index (χ0v) is 66.1. The molecule has 0 aromatic heterocycles. The summed E-state index contributed by atoms with van der Waals surface area (Å²) < 4.78 is 0. The van der Waals surface area contributed by atoms with Gasteiger partial charge in [-0.3, -0.25) is 57.5 Å². The second-order valence-electron chi connectivity index (χ2n) is 32.9. The Bertz CT molecular complexity index is 2880. The van der Waals surface area contributed by atoms with Crippen molar-refractivity contribution < 1.29 is 62.6 Å². The van der Waals surface area contributed by atoms with E-state index < -0.39 is 156 Å². The minimum absolute atomic E-state index is 0.00755. The van der Waals surface area contributed by atoms with Crippen LogP contribution in [0, 0.1) is 47.3 Å². The molecule has 5 N–H and O–H groups in total. The van der Waals surface area contributed by atoms with Gasteiger partial charge in [0.05, 0.1) is 12.5 Å². The van der Waals surface area contributed by atoms with Gasteiger partial charge in [-0.05, 0) is 145 Å². The zero-order chi connectivity index (χ0) is 76.6. The molecule has 3 heterocycles. The van der Waals surface area contributed by atoms with Gasteiger partial charge in [-0.1, -0.05) is 114 Å². The number of hydrogen-bond donors (Lipinski definition) is 5. The number of amides is 12. The fourth-order valence-corrected chi connectivity index (χ4v) is 16.0. The standard InChI is InChI=1S/C76H133N13O13/c1-44(2)36-57-66(92)78-56(71(97)89-34-28-23-29-35-89)42-63(91)81(14)49(11)69(95)86(19)60(38-46(5)6)72(98)84(17)58(37-45(3)4)67(93)79-64(48(9)10)75(101)88(21)61(39-47(7)8)73(99)87(20)62(41-53-43-77-55-33-27-26-32-54(53)55)74(100)85(18)59(40-52-30-24-22-25-31-52)68(94)80-65(51(13)90)76(102)82(15)50(12)70(96)83(57)16/h44-62,64-65,77,90H,22-43H2,1-21H3,(H,78,92)(H,79,93)(H,80,94)/t49-,50-,51+,53?,54?,55?,56-,57-,58-,59-,60-,61-,62-,64-,65-/m0/s1. The average molecular weight is 1440 g/mol. The number of fused-ring (bicyclic) bond motifs is 1. The van der Waals surface area contributed by atoms with Gasteiger partial charge in [0.2, 0.25) is 70.9 Å². The van der Waals surface area contributed by atoms with Crippen molar-refractivity contribution in [1.82, 2.24) is 65.4 Å². The molecule has 5 aliphatic rings. The first-order valence-electron chi connectivity index (χ1n) is 38.5. The Balaban J connectivity index is 1.70. The maximum atomic E-state index is 16.0. The molecule has 12 amide bonds. The van der Waals surface area contributed by atoms with Gasteiger partial charge in [-0.15, -0.1) is 0 Å². The number of hydrogen-bond acceptors (Lipinski definition) is 14. The van der Waals surface area contributed by atoms with E-state index in [1.807, 2.05) is 55.4 Å². The number of rotatable bonds is 15. The Morgan fingerprint density at radius 1 is 0.422 bits per heavy atom. The Kier molecular flexibility index (Phi) is 33.0. The molecule has 580 valence electrons. The van der Waals surface area contributed by atoms with Gasteiger partial charge in [0, 0.05) is 75.5 Å². The second kappa shape index (κ2) is 39.1. The maximum Gasteiger partial charge on any atom is 0.248 e. The number of piperidine rings is 1. The van der Waals surface area contributed by atoms with E-state index in [2.05, 4.69) is 21.3 Å². The lowest BCUT2D eigenvalue weighted by atomic mass is 9.77. The van der Waals surface area contributed by atoms with Crippen LogP contribution in [0.5, 0.6) is 0 Å². The highest BCUT2D eigenvalue weighted by atomic mass is 16.3. The van der Waals surface area contributed by atoms with E-state index in [0.29, 0.717) is 32.5 Å². The molecule has 3 saturated heterocycles. The van der Waals surface area contributed by atoms with Crippen LogP contribution in [0.3, 0.4) is 0 Å². The van der Waals surface area contributed by atoms with Crippen LogP contribution >= 0.6 is 0 Å². The smallest absolute Gasteiger partial charge is 0.248 e. The molecule has 3 unspecified atom stereocenters. The molecule has 0 aromatic rings. The first kappa shape index (κ1) is 86.2. The largest absolute Gasteiger partial charge is 0.391 e. The minimum atomic E-state index is -1.64. The summed E-state index contributed by atoms with van der Waals surface area (Å²) in [5, 5.41) is 23.9. The number of aliphatic hydroxyl groups is 1. The molecule has 0 radical (unpaired) electrons. The van der Waals surface area contributed by atoms with Crippen molar-refractivity contribution in [2.75, 3.05) is 76.0 Å². The zero-order valence-electron chi connectivity index (χ0n) is 66.1. The van der Waals surface area contributed by atoms with Gasteiger partial charge < -0.3 is 70.5 Å². The summed E-state index contributed by atoms with van der Waals surface area (Å²) in [5.41, 5.74) is 0. The fourth-order valence-electron chi connectivity index (χ4n) is 16.0. The lowest BCUT2D eigenvalue weighted by Gasteiger charge is -2.41. The number of nitrogens with one attached hydrogen (secondary N) is 4. The summed E-state index contributed by atoms with van der Waals surface area (Å²) in [4.78, 5) is 194. The van der Waals surface area contributed by atoms with Crippen LogP contribution in [0.15, 0.2) is 0 Å². The van der Waals surface area contributed by atoms with Crippen LogP contribution < -0.4 is 21.3 Å². The van der Waals surface area contributed by atoms with Crippen molar-refractivity contribution in [3.05, 3.63) is 0 Å². The summed E-state index contributed by atoms with van der Waals surface area (Å²) in [6, 6.07) is -13.7. The van der Waals surface area contributed by atoms with Crippen molar-refractivity contribution >= 4 is 70.9 Å². The topological polar surface area (TPSA) is 302 Å². The molecule has 0 bridgehead atoms. The van der Waals surface area contributed by atoms with Crippen LogP contribution in [0.1, 0.15) is 212 Å². The predicted octanol–water partition coefficient (Wildman–Crippen LogP) is 4.87. The molecule has 3 aliphatic heterocycles. The van der Waals surface area contributed by atoms with E-state index in [-0.39, 0.29) is 86.0 Å². The van der Waals surface area contributed by atoms with E-state index in [0.717, 1.165) is 69.1 Å². The summed E-state index contributed by atoms with van der Waals surface area (Å²) in [7, 11) is 11.8. The molecule has 2 saturated carbocycles. The van der Waals surface area contributed by atoms with Gasteiger partial charge in [0.15, 0.2) is 0 Å². The molecular formula is C76H133N13O13. The van der Waals surface area contributed by atoms with E-state index in [1.165, 1.54) is 104 Å². The number of aliphatic hydroxyl groups excluding tert-OH is 1. The molecule has 102 heavy (non-hydrogen) atoms. The molecule has 26 nitrogen and oxygen atoms in total. The third kappa shape index (κ3) is 22.3. The molecule has 15 atom stereocenters. The Morgan fingerprint density at radius 2 is 0.814 bits per heavy atom. The van der Waals surface area contributed by atoms with Gasteiger partial charge in [0.25, 0.3) is 0 Å². The lowest BCUT2D eigenvalue weighted by molar-refractivity contribution is -0.155. The van der Waals surface area contributed by atoms with Crippen molar-refractivity contribution in [3.63, 3.8) is 0 Å². The molecular weight excluding hydrogens is 1300 g/mol.